The summed E-state index contributed by atoms with van der Waals surface area (Å²) >= 11 is 1.48. The topological polar surface area (TPSA) is 79.4 Å². The molecule has 25 heavy (non-hydrogen) atoms. The first-order valence-corrected chi connectivity index (χ1v) is 9.80. The number of nitrogens with zero attached hydrogens (tertiary/aromatic N) is 2. The molecule has 0 aliphatic rings. The molecule has 2 aromatic carbocycles. The van der Waals surface area contributed by atoms with Crippen molar-refractivity contribution in [1.29, 1.82) is 0 Å². The number of para-hydroxylation sites is 1. The molecule has 1 amide bonds. The van der Waals surface area contributed by atoms with Crippen molar-refractivity contribution in [3.05, 3.63) is 59.1 Å². The third kappa shape index (κ3) is 3.55. The van der Waals surface area contributed by atoms with Gasteiger partial charge in [-0.25, -0.2) is 13.4 Å². The largest absolute Gasteiger partial charge is 0.355 e. The fourth-order valence-electron chi connectivity index (χ4n) is 2.37. The number of benzene rings is 2. The van der Waals surface area contributed by atoms with Crippen LogP contribution in [-0.4, -0.2) is 37.7 Å². The first-order chi connectivity index (χ1) is 11.9. The molecule has 6 nitrogen and oxygen atoms in total. The summed E-state index contributed by atoms with van der Waals surface area (Å²) in [5, 5.41) is 3.23. The van der Waals surface area contributed by atoms with Crippen molar-refractivity contribution in [2.75, 3.05) is 14.1 Å². The molecule has 130 valence electrons. The maximum Gasteiger partial charge on any atom is 0.251 e. The first-order valence-electron chi connectivity index (χ1n) is 7.55. The number of rotatable bonds is 5. The van der Waals surface area contributed by atoms with Crippen LogP contribution in [0.3, 0.4) is 0 Å². The van der Waals surface area contributed by atoms with Gasteiger partial charge in [0, 0.05) is 19.7 Å². The number of hydrogen-bond acceptors (Lipinski definition) is 5. The van der Waals surface area contributed by atoms with Crippen LogP contribution >= 0.6 is 11.3 Å². The zero-order valence-electron chi connectivity index (χ0n) is 13.8. The van der Waals surface area contributed by atoms with E-state index in [1.54, 1.807) is 0 Å². The van der Waals surface area contributed by atoms with Crippen LogP contribution in [0, 0.1) is 0 Å². The lowest BCUT2D eigenvalue weighted by Crippen LogP contribution is -2.26. The quantitative estimate of drug-likeness (QED) is 0.743. The minimum atomic E-state index is -3.66. The molecule has 0 unspecified atom stereocenters. The van der Waals surface area contributed by atoms with Gasteiger partial charge < -0.3 is 5.32 Å². The molecule has 0 spiro atoms. The third-order valence-corrected chi connectivity index (χ3v) is 6.59. The zero-order valence-corrected chi connectivity index (χ0v) is 15.4. The molecule has 0 radical (unpaired) electrons. The summed E-state index contributed by atoms with van der Waals surface area (Å²) < 4.78 is 27.7. The molecule has 0 bridgehead atoms. The second-order valence-electron chi connectivity index (χ2n) is 5.44. The van der Waals surface area contributed by atoms with Crippen LogP contribution < -0.4 is 5.32 Å². The molecule has 0 aliphatic heterocycles. The highest BCUT2D eigenvalue weighted by molar-refractivity contribution is 7.89. The standard InChI is InChI=1S/C17H17N3O3S2/c1-18-17(21)12-7-9-13(10-8-12)25(22,23)20(2)11-16-19-14-5-3-4-6-15(14)24-16/h3-10H,11H2,1-2H3,(H,18,21). The lowest BCUT2D eigenvalue weighted by Gasteiger charge is -2.16. The van der Waals surface area contributed by atoms with Gasteiger partial charge in [0.2, 0.25) is 10.0 Å². The molecular weight excluding hydrogens is 358 g/mol. The number of carbonyl (C=O) groups excluding carboxylic acids is 1. The first kappa shape index (κ1) is 17.5. The normalized spacial score (nSPS) is 11.8. The molecule has 3 aromatic rings. The number of amides is 1. The monoisotopic (exact) mass is 375 g/mol. The van der Waals surface area contributed by atoms with E-state index in [-0.39, 0.29) is 17.3 Å². The van der Waals surface area contributed by atoms with Gasteiger partial charge in [0.1, 0.15) is 5.01 Å². The molecular formula is C17H17N3O3S2. The van der Waals surface area contributed by atoms with Crippen LogP contribution in [0.2, 0.25) is 0 Å². The Hall–Kier alpha value is -2.29. The Morgan fingerprint density at radius 3 is 2.48 bits per heavy atom. The fourth-order valence-corrected chi connectivity index (χ4v) is 4.60. The maximum absolute atomic E-state index is 12.7. The minimum absolute atomic E-state index is 0.142. The number of aromatic nitrogens is 1. The SMILES string of the molecule is CNC(=O)c1ccc(S(=O)(=O)N(C)Cc2nc3ccccc3s2)cc1. The molecule has 1 aromatic heterocycles. The van der Waals surface area contributed by atoms with Crippen LogP contribution in [0.4, 0.5) is 0 Å². The summed E-state index contributed by atoms with van der Waals surface area (Å²) in [6.07, 6.45) is 0. The van der Waals surface area contributed by atoms with Gasteiger partial charge in [0.05, 0.1) is 21.7 Å². The number of nitrogens with one attached hydrogen (secondary N) is 1. The smallest absolute Gasteiger partial charge is 0.251 e. The molecule has 0 atom stereocenters. The Morgan fingerprint density at radius 2 is 1.84 bits per heavy atom. The van der Waals surface area contributed by atoms with Gasteiger partial charge in [-0.15, -0.1) is 11.3 Å². The Morgan fingerprint density at radius 1 is 1.16 bits per heavy atom. The van der Waals surface area contributed by atoms with E-state index in [1.165, 1.54) is 54.0 Å². The molecule has 0 aliphatic carbocycles. The van der Waals surface area contributed by atoms with Crippen LogP contribution in [0.5, 0.6) is 0 Å². The number of hydrogen-bond donors (Lipinski definition) is 1. The summed E-state index contributed by atoms with van der Waals surface area (Å²) in [7, 11) is -0.607. The predicted octanol–water partition coefficient (Wildman–Crippen LogP) is 2.48. The van der Waals surface area contributed by atoms with E-state index in [2.05, 4.69) is 10.3 Å². The van der Waals surface area contributed by atoms with Crippen molar-refractivity contribution >= 4 is 37.5 Å². The number of sulfonamides is 1. The van der Waals surface area contributed by atoms with E-state index < -0.39 is 10.0 Å². The van der Waals surface area contributed by atoms with Crippen molar-refractivity contribution in [3.63, 3.8) is 0 Å². The summed E-state index contributed by atoms with van der Waals surface area (Å²) in [5.74, 6) is -0.258. The molecule has 1 heterocycles. The van der Waals surface area contributed by atoms with E-state index >= 15 is 0 Å². The molecule has 1 N–H and O–H groups in total. The minimum Gasteiger partial charge on any atom is -0.355 e. The van der Waals surface area contributed by atoms with E-state index in [0.717, 1.165) is 15.2 Å². The summed E-state index contributed by atoms with van der Waals surface area (Å²) in [6.45, 7) is 0.193. The van der Waals surface area contributed by atoms with Crippen LogP contribution in [-0.2, 0) is 16.6 Å². The fraction of sp³-hybridized carbons (Fsp3) is 0.176. The van der Waals surface area contributed by atoms with Crippen molar-refractivity contribution in [1.82, 2.24) is 14.6 Å². The molecule has 0 saturated heterocycles. The van der Waals surface area contributed by atoms with Crippen molar-refractivity contribution in [2.45, 2.75) is 11.4 Å². The van der Waals surface area contributed by atoms with E-state index in [9.17, 15) is 13.2 Å². The maximum atomic E-state index is 12.7. The van der Waals surface area contributed by atoms with E-state index in [0.29, 0.717) is 5.56 Å². The summed E-state index contributed by atoms with van der Waals surface area (Å²) in [4.78, 5) is 16.2. The van der Waals surface area contributed by atoms with Gasteiger partial charge in [0.25, 0.3) is 5.91 Å². The lowest BCUT2D eigenvalue weighted by atomic mass is 10.2. The Kier molecular flexibility index (Phi) is 4.85. The van der Waals surface area contributed by atoms with Gasteiger partial charge in [-0.3, -0.25) is 4.79 Å². The zero-order chi connectivity index (χ0) is 18.0. The Balaban J connectivity index is 1.82. The van der Waals surface area contributed by atoms with Gasteiger partial charge >= 0.3 is 0 Å². The molecule has 0 fully saturated rings. The Labute approximate surface area is 150 Å². The highest BCUT2D eigenvalue weighted by Gasteiger charge is 2.22. The highest BCUT2D eigenvalue weighted by atomic mass is 32.2. The van der Waals surface area contributed by atoms with Gasteiger partial charge in [-0.1, -0.05) is 12.1 Å². The molecule has 8 heteroatoms. The van der Waals surface area contributed by atoms with Crippen LogP contribution in [0.1, 0.15) is 15.4 Å². The number of thiazole rings is 1. The number of fused-ring (bicyclic) bond motifs is 1. The van der Waals surface area contributed by atoms with Gasteiger partial charge in [-0.05, 0) is 36.4 Å². The number of carbonyl (C=O) groups is 1. The van der Waals surface area contributed by atoms with Crippen LogP contribution in [0.25, 0.3) is 10.2 Å². The van der Waals surface area contributed by atoms with Gasteiger partial charge in [-0.2, -0.15) is 4.31 Å². The van der Waals surface area contributed by atoms with Crippen molar-refractivity contribution < 1.29 is 13.2 Å². The van der Waals surface area contributed by atoms with Crippen molar-refractivity contribution in [2.24, 2.45) is 0 Å². The summed E-state index contributed by atoms with van der Waals surface area (Å²) in [5.41, 5.74) is 1.28. The highest BCUT2D eigenvalue weighted by Crippen LogP contribution is 2.24. The van der Waals surface area contributed by atoms with Crippen LogP contribution in [0.15, 0.2) is 53.4 Å². The Bertz CT molecular complexity index is 978. The molecule has 3 rings (SSSR count). The molecule has 0 saturated carbocycles. The van der Waals surface area contributed by atoms with E-state index in [1.807, 2.05) is 24.3 Å². The second-order valence-corrected chi connectivity index (χ2v) is 8.60. The van der Waals surface area contributed by atoms with Crippen molar-refractivity contribution in [3.8, 4) is 0 Å². The van der Waals surface area contributed by atoms with E-state index in [4.69, 9.17) is 0 Å². The third-order valence-electron chi connectivity index (χ3n) is 3.75. The average molecular weight is 375 g/mol. The average Bonchev–Trinajstić information content (AvgIpc) is 3.03. The predicted molar refractivity (Wildman–Crippen MR) is 98.1 cm³/mol. The van der Waals surface area contributed by atoms with Gasteiger partial charge in [0.15, 0.2) is 0 Å². The summed E-state index contributed by atoms with van der Waals surface area (Å²) in [6, 6.07) is 13.6. The second kappa shape index (κ2) is 6.91. The lowest BCUT2D eigenvalue weighted by molar-refractivity contribution is 0.0963.